The molecule has 36 heavy (non-hydrogen) atoms. The van der Waals surface area contributed by atoms with Gasteiger partial charge in [0.25, 0.3) is 0 Å². The number of halogens is 1. The summed E-state index contributed by atoms with van der Waals surface area (Å²) in [5, 5.41) is 6.30. The molecule has 0 spiro atoms. The molecule has 4 aromatic carbocycles. The summed E-state index contributed by atoms with van der Waals surface area (Å²) in [7, 11) is 0. The molecule has 180 valence electrons. The van der Waals surface area contributed by atoms with Gasteiger partial charge in [0.1, 0.15) is 21.1 Å². The van der Waals surface area contributed by atoms with Gasteiger partial charge in [0, 0.05) is 12.8 Å². The minimum absolute atomic E-state index is 0.158. The number of ether oxygens (including phenoxy) is 2. The Morgan fingerprint density at radius 3 is 1.78 bits per heavy atom. The Balaban J connectivity index is 1.65. The summed E-state index contributed by atoms with van der Waals surface area (Å²) in [6.07, 6.45) is 1.97. The van der Waals surface area contributed by atoms with E-state index in [1.165, 1.54) is 0 Å². The van der Waals surface area contributed by atoms with Crippen molar-refractivity contribution in [2.45, 2.75) is 24.5 Å². The first-order valence-corrected chi connectivity index (χ1v) is 13.4. The molecular weight excluding hydrogens is 559 g/mol. The maximum absolute atomic E-state index is 6.55. The molecule has 0 amide bonds. The lowest BCUT2D eigenvalue weighted by atomic mass is 9.77. The number of nitrogens with zero attached hydrogens (tertiary/aromatic N) is 2. The van der Waals surface area contributed by atoms with Crippen LogP contribution >= 0.6 is 22.6 Å². The number of fused-ring (bicyclic) bond motifs is 1. The zero-order valence-corrected chi connectivity index (χ0v) is 22.0. The van der Waals surface area contributed by atoms with Crippen LogP contribution in [-0.4, -0.2) is 29.1 Å². The average Bonchev–Trinajstić information content (AvgIpc) is 3.29. The van der Waals surface area contributed by atoms with E-state index in [9.17, 15) is 0 Å². The highest BCUT2D eigenvalue weighted by Gasteiger charge is 2.41. The number of benzene rings is 4. The smallest absolute Gasteiger partial charge is 0.138 e. The van der Waals surface area contributed by atoms with E-state index in [4.69, 9.17) is 14.6 Å². The van der Waals surface area contributed by atoms with Gasteiger partial charge in [-0.25, -0.2) is 4.68 Å². The van der Waals surface area contributed by atoms with Gasteiger partial charge in [-0.1, -0.05) is 97.1 Å². The van der Waals surface area contributed by atoms with Crippen molar-refractivity contribution in [3.8, 4) is 5.75 Å². The molecule has 0 unspecified atom stereocenters. The fraction of sp³-hybridized carbons (Fsp3) is 0.194. The maximum atomic E-state index is 6.55. The van der Waals surface area contributed by atoms with Crippen LogP contribution in [0.15, 0.2) is 109 Å². The molecule has 0 radical (unpaired) electrons. The fourth-order valence-electron chi connectivity index (χ4n) is 5.33. The SMILES string of the molecule is Ic1nn(C(c2ccccc2)(c2ccccc2)c2ccccc2)c2cccc(OC3CCOCC3)c12. The van der Waals surface area contributed by atoms with Gasteiger partial charge in [-0.15, -0.1) is 0 Å². The molecule has 0 atom stereocenters. The molecule has 2 heterocycles. The number of aromatic nitrogens is 2. The highest BCUT2D eigenvalue weighted by Crippen LogP contribution is 2.44. The van der Waals surface area contributed by atoms with Crippen LogP contribution in [0.25, 0.3) is 10.9 Å². The zero-order valence-electron chi connectivity index (χ0n) is 19.9. The second-order valence-corrected chi connectivity index (χ2v) is 10.1. The molecule has 0 bridgehead atoms. The number of hydrogen-bond acceptors (Lipinski definition) is 3. The second-order valence-electron chi connectivity index (χ2n) is 9.09. The molecular formula is C31H27IN2O2. The van der Waals surface area contributed by atoms with E-state index in [0.29, 0.717) is 0 Å². The van der Waals surface area contributed by atoms with E-state index in [-0.39, 0.29) is 6.10 Å². The van der Waals surface area contributed by atoms with E-state index in [1.807, 2.05) is 0 Å². The Labute approximate surface area is 225 Å². The van der Waals surface area contributed by atoms with Crippen molar-refractivity contribution in [2.75, 3.05) is 13.2 Å². The van der Waals surface area contributed by atoms with Crippen molar-refractivity contribution in [1.82, 2.24) is 9.78 Å². The summed E-state index contributed by atoms with van der Waals surface area (Å²) in [5.74, 6) is 0.887. The van der Waals surface area contributed by atoms with Crippen LogP contribution < -0.4 is 4.74 Å². The predicted octanol–water partition coefficient (Wildman–Crippen LogP) is 7.04. The molecule has 0 saturated carbocycles. The first kappa shape index (κ1) is 23.3. The third-order valence-electron chi connectivity index (χ3n) is 6.98. The molecule has 1 aliphatic rings. The van der Waals surface area contributed by atoms with E-state index in [0.717, 1.165) is 63.1 Å². The normalized spacial score (nSPS) is 14.7. The van der Waals surface area contributed by atoms with Crippen LogP contribution in [0.5, 0.6) is 5.75 Å². The van der Waals surface area contributed by atoms with Crippen molar-refractivity contribution in [3.05, 3.63) is 130 Å². The van der Waals surface area contributed by atoms with E-state index >= 15 is 0 Å². The Morgan fingerprint density at radius 1 is 0.722 bits per heavy atom. The first-order chi connectivity index (χ1) is 17.8. The average molecular weight is 586 g/mol. The third-order valence-corrected chi connectivity index (χ3v) is 7.74. The lowest BCUT2D eigenvalue weighted by Crippen LogP contribution is -2.38. The summed E-state index contributed by atoms with van der Waals surface area (Å²) < 4.78 is 15.2. The highest BCUT2D eigenvalue weighted by molar-refractivity contribution is 14.1. The maximum Gasteiger partial charge on any atom is 0.138 e. The third kappa shape index (κ3) is 4.00. The summed E-state index contributed by atoms with van der Waals surface area (Å²) in [6, 6.07) is 38.3. The van der Waals surface area contributed by atoms with Crippen LogP contribution in [0.3, 0.4) is 0 Å². The molecule has 5 heteroatoms. The Hall–Kier alpha value is -3.16. The van der Waals surface area contributed by atoms with Gasteiger partial charge in [-0.2, -0.15) is 5.10 Å². The van der Waals surface area contributed by atoms with E-state index < -0.39 is 5.54 Å². The zero-order chi connectivity index (χ0) is 24.4. The molecule has 0 aliphatic carbocycles. The summed E-state index contributed by atoms with van der Waals surface area (Å²) in [5.41, 5.74) is 3.83. The monoisotopic (exact) mass is 586 g/mol. The molecule has 4 nitrogen and oxygen atoms in total. The van der Waals surface area contributed by atoms with Crippen LogP contribution in [0.1, 0.15) is 29.5 Å². The minimum atomic E-state index is -0.664. The highest BCUT2D eigenvalue weighted by atomic mass is 127. The predicted molar refractivity (Wildman–Crippen MR) is 152 cm³/mol. The van der Waals surface area contributed by atoms with Gasteiger partial charge in [-0.3, -0.25) is 0 Å². The largest absolute Gasteiger partial charge is 0.489 e. The summed E-state index contributed by atoms with van der Waals surface area (Å²) in [4.78, 5) is 0. The van der Waals surface area contributed by atoms with E-state index in [1.54, 1.807) is 0 Å². The topological polar surface area (TPSA) is 36.3 Å². The lowest BCUT2D eigenvalue weighted by molar-refractivity contribution is 0.0262. The van der Waals surface area contributed by atoms with Gasteiger partial charge in [-0.05, 0) is 51.4 Å². The minimum Gasteiger partial charge on any atom is -0.489 e. The molecule has 1 aliphatic heterocycles. The molecule has 1 fully saturated rings. The Bertz CT molecular complexity index is 1350. The summed E-state index contributed by atoms with van der Waals surface area (Å²) >= 11 is 2.36. The summed E-state index contributed by atoms with van der Waals surface area (Å²) in [6.45, 7) is 1.49. The standard InChI is InChI=1S/C31H27IN2O2/c32-30-29-27(17-10-18-28(29)36-26-19-21-35-22-20-26)34(33-30)31(23-11-4-1-5-12-23,24-13-6-2-7-14-24)25-15-8-3-9-16-25/h1-18,26H,19-22H2. The van der Waals surface area contributed by atoms with Crippen LogP contribution in [0, 0.1) is 3.70 Å². The van der Waals surface area contributed by atoms with Gasteiger partial charge in [0.05, 0.1) is 24.1 Å². The van der Waals surface area contributed by atoms with Crippen LogP contribution in [-0.2, 0) is 10.3 Å². The van der Waals surface area contributed by atoms with Crippen molar-refractivity contribution < 1.29 is 9.47 Å². The molecule has 1 aromatic heterocycles. The Kier molecular flexibility index (Phi) is 6.50. The van der Waals surface area contributed by atoms with Gasteiger partial charge < -0.3 is 9.47 Å². The lowest BCUT2D eigenvalue weighted by Gasteiger charge is -2.37. The van der Waals surface area contributed by atoms with Crippen molar-refractivity contribution in [1.29, 1.82) is 0 Å². The van der Waals surface area contributed by atoms with Gasteiger partial charge >= 0.3 is 0 Å². The second kappa shape index (κ2) is 10.1. The van der Waals surface area contributed by atoms with Gasteiger partial charge in [0.15, 0.2) is 0 Å². The molecule has 6 rings (SSSR count). The van der Waals surface area contributed by atoms with Crippen LogP contribution in [0.4, 0.5) is 0 Å². The van der Waals surface area contributed by atoms with Crippen LogP contribution in [0.2, 0.25) is 0 Å². The molecule has 0 N–H and O–H groups in total. The molecule has 1 saturated heterocycles. The Morgan fingerprint density at radius 2 is 1.25 bits per heavy atom. The quantitative estimate of drug-likeness (QED) is 0.158. The first-order valence-electron chi connectivity index (χ1n) is 12.4. The molecule has 5 aromatic rings. The number of hydrogen-bond donors (Lipinski definition) is 0. The van der Waals surface area contributed by atoms with E-state index in [2.05, 4.69) is 136 Å². The van der Waals surface area contributed by atoms with Gasteiger partial charge in [0.2, 0.25) is 0 Å². The van der Waals surface area contributed by atoms with Crippen molar-refractivity contribution in [3.63, 3.8) is 0 Å². The number of rotatable bonds is 6. The van der Waals surface area contributed by atoms with Crippen molar-refractivity contribution in [2.24, 2.45) is 0 Å². The fourth-order valence-corrected chi connectivity index (χ4v) is 6.09. The van der Waals surface area contributed by atoms with Crippen molar-refractivity contribution >= 4 is 33.5 Å².